The summed E-state index contributed by atoms with van der Waals surface area (Å²) < 4.78 is 0. The van der Waals surface area contributed by atoms with E-state index in [0.29, 0.717) is 12.3 Å². The van der Waals surface area contributed by atoms with Crippen LogP contribution in [0.4, 0.5) is 0 Å². The number of nitrogens with one attached hydrogen (secondary N) is 2. The van der Waals surface area contributed by atoms with E-state index in [2.05, 4.69) is 22.8 Å². The summed E-state index contributed by atoms with van der Waals surface area (Å²) in [4.78, 5) is 12.0. The third-order valence-corrected chi connectivity index (χ3v) is 4.82. The number of carbonyl (C=O) groups is 1. The lowest BCUT2D eigenvalue weighted by Gasteiger charge is -2.17. The minimum Gasteiger partial charge on any atom is -0.355 e. The van der Waals surface area contributed by atoms with Crippen molar-refractivity contribution in [3.05, 3.63) is 34.9 Å². The molecule has 1 saturated heterocycles. The zero-order valence-corrected chi connectivity index (χ0v) is 12.4. The Morgan fingerprint density at radius 1 is 1.35 bits per heavy atom. The van der Waals surface area contributed by atoms with Crippen LogP contribution in [-0.4, -0.2) is 25.5 Å². The molecule has 1 aromatic rings. The van der Waals surface area contributed by atoms with Crippen molar-refractivity contribution in [2.24, 2.45) is 5.92 Å². The molecule has 1 saturated carbocycles. The maximum Gasteiger partial charge on any atom is 0.220 e. The monoisotopic (exact) mass is 292 g/mol. The number of benzene rings is 1. The third kappa shape index (κ3) is 3.15. The van der Waals surface area contributed by atoms with Gasteiger partial charge in [-0.15, -0.1) is 0 Å². The van der Waals surface area contributed by atoms with Crippen LogP contribution in [0.25, 0.3) is 0 Å². The molecule has 3 rings (SSSR count). The molecule has 1 amide bonds. The molecule has 3 nitrogen and oxygen atoms in total. The smallest absolute Gasteiger partial charge is 0.220 e. The van der Waals surface area contributed by atoms with E-state index in [-0.39, 0.29) is 11.3 Å². The lowest BCUT2D eigenvalue weighted by Crippen LogP contribution is -2.33. The van der Waals surface area contributed by atoms with Crippen LogP contribution in [-0.2, 0) is 10.2 Å². The van der Waals surface area contributed by atoms with E-state index in [4.69, 9.17) is 11.6 Å². The summed E-state index contributed by atoms with van der Waals surface area (Å²) >= 11 is 5.93. The van der Waals surface area contributed by atoms with E-state index in [1.54, 1.807) is 0 Å². The van der Waals surface area contributed by atoms with Gasteiger partial charge in [-0.2, -0.15) is 0 Å². The van der Waals surface area contributed by atoms with Crippen LogP contribution >= 0.6 is 11.6 Å². The van der Waals surface area contributed by atoms with Crippen LogP contribution in [0.1, 0.15) is 31.2 Å². The Bertz CT molecular complexity index is 476. The maximum atomic E-state index is 12.0. The second-order valence-corrected chi connectivity index (χ2v) is 6.56. The molecule has 1 aliphatic heterocycles. The van der Waals surface area contributed by atoms with E-state index < -0.39 is 0 Å². The van der Waals surface area contributed by atoms with Crippen molar-refractivity contribution in [1.29, 1.82) is 0 Å². The number of carbonyl (C=O) groups excluding carboxylic acids is 1. The molecule has 0 spiro atoms. The van der Waals surface area contributed by atoms with Crippen molar-refractivity contribution in [3.8, 4) is 0 Å². The predicted octanol–water partition coefficient (Wildman–Crippen LogP) is 2.49. The minimum atomic E-state index is 0.161. The number of amides is 1. The van der Waals surface area contributed by atoms with Crippen molar-refractivity contribution >= 4 is 17.5 Å². The van der Waals surface area contributed by atoms with Crippen molar-refractivity contribution in [1.82, 2.24) is 10.6 Å². The molecule has 1 aromatic carbocycles. The molecule has 1 atom stereocenters. The first-order valence-corrected chi connectivity index (χ1v) is 7.79. The van der Waals surface area contributed by atoms with Gasteiger partial charge < -0.3 is 10.6 Å². The van der Waals surface area contributed by atoms with Crippen LogP contribution < -0.4 is 10.6 Å². The Morgan fingerprint density at radius 2 is 2.10 bits per heavy atom. The molecule has 20 heavy (non-hydrogen) atoms. The van der Waals surface area contributed by atoms with E-state index in [9.17, 15) is 4.79 Å². The molecule has 2 fully saturated rings. The molecule has 1 heterocycles. The Kier molecular flexibility index (Phi) is 3.99. The molecule has 2 N–H and O–H groups in total. The lowest BCUT2D eigenvalue weighted by atomic mass is 9.95. The van der Waals surface area contributed by atoms with Crippen molar-refractivity contribution in [2.75, 3.05) is 19.6 Å². The van der Waals surface area contributed by atoms with Crippen LogP contribution in [0.5, 0.6) is 0 Å². The fourth-order valence-electron chi connectivity index (χ4n) is 3.01. The molecule has 1 unspecified atom stereocenters. The van der Waals surface area contributed by atoms with Gasteiger partial charge in [0.1, 0.15) is 0 Å². The summed E-state index contributed by atoms with van der Waals surface area (Å²) in [6.07, 6.45) is 4.08. The number of hydrogen-bond donors (Lipinski definition) is 2. The first-order valence-electron chi connectivity index (χ1n) is 7.41. The number of halogens is 1. The van der Waals surface area contributed by atoms with Gasteiger partial charge in [-0.05, 0) is 56.0 Å². The predicted molar refractivity (Wildman–Crippen MR) is 81.0 cm³/mol. The largest absolute Gasteiger partial charge is 0.355 e. The molecular formula is C16H21ClN2O. The SMILES string of the molecule is O=C(CC1CCNC1)NCC1(c2ccc(Cl)cc2)CC1. The summed E-state index contributed by atoms with van der Waals surface area (Å²) in [5.74, 6) is 0.708. The molecule has 0 bridgehead atoms. The normalized spacial score (nSPS) is 23.6. The van der Waals surface area contributed by atoms with Crippen molar-refractivity contribution in [3.63, 3.8) is 0 Å². The summed E-state index contributed by atoms with van der Waals surface area (Å²) in [5, 5.41) is 7.19. The molecule has 2 aliphatic rings. The van der Waals surface area contributed by atoms with Gasteiger partial charge in [0.2, 0.25) is 5.91 Å². The Morgan fingerprint density at radius 3 is 2.70 bits per heavy atom. The topological polar surface area (TPSA) is 41.1 Å². The molecule has 4 heteroatoms. The highest BCUT2D eigenvalue weighted by Crippen LogP contribution is 2.47. The summed E-state index contributed by atoms with van der Waals surface area (Å²) in [6, 6.07) is 8.04. The van der Waals surface area contributed by atoms with Crippen molar-refractivity contribution in [2.45, 2.75) is 31.1 Å². The van der Waals surface area contributed by atoms with Crippen LogP contribution in [0.15, 0.2) is 24.3 Å². The fraction of sp³-hybridized carbons (Fsp3) is 0.562. The minimum absolute atomic E-state index is 0.161. The summed E-state index contributed by atoms with van der Waals surface area (Å²) in [6.45, 7) is 2.79. The number of rotatable bonds is 5. The van der Waals surface area contributed by atoms with E-state index in [1.807, 2.05) is 12.1 Å². The molecule has 1 aliphatic carbocycles. The number of hydrogen-bond acceptors (Lipinski definition) is 2. The van der Waals surface area contributed by atoms with Crippen LogP contribution in [0.3, 0.4) is 0 Å². The average molecular weight is 293 g/mol. The molecule has 0 aromatic heterocycles. The van der Waals surface area contributed by atoms with Gasteiger partial charge >= 0.3 is 0 Å². The first kappa shape index (κ1) is 13.9. The van der Waals surface area contributed by atoms with Crippen LogP contribution in [0.2, 0.25) is 5.02 Å². The highest BCUT2D eigenvalue weighted by Gasteiger charge is 2.44. The standard InChI is InChI=1S/C16H21ClN2O/c17-14-3-1-13(2-4-14)16(6-7-16)11-19-15(20)9-12-5-8-18-10-12/h1-4,12,18H,5-11H2,(H,19,20). The van der Waals surface area contributed by atoms with Gasteiger partial charge in [0, 0.05) is 23.4 Å². The quantitative estimate of drug-likeness (QED) is 0.875. The van der Waals surface area contributed by atoms with Gasteiger partial charge in [-0.25, -0.2) is 0 Å². The van der Waals surface area contributed by atoms with Crippen LogP contribution in [0, 0.1) is 5.92 Å². The second kappa shape index (κ2) is 5.74. The second-order valence-electron chi connectivity index (χ2n) is 6.13. The van der Waals surface area contributed by atoms with Crippen molar-refractivity contribution < 1.29 is 4.79 Å². The van der Waals surface area contributed by atoms with E-state index in [0.717, 1.165) is 43.9 Å². The Hall–Kier alpha value is -1.06. The zero-order chi connectivity index (χ0) is 14.0. The zero-order valence-electron chi connectivity index (χ0n) is 11.6. The summed E-state index contributed by atoms with van der Waals surface area (Å²) in [7, 11) is 0. The highest BCUT2D eigenvalue weighted by atomic mass is 35.5. The van der Waals surface area contributed by atoms with Gasteiger partial charge in [0.15, 0.2) is 0 Å². The molecular weight excluding hydrogens is 272 g/mol. The fourth-order valence-corrected chi connectivity index (χ4v) is 3.14. The maximum absolute atomic E-state index is 12.0. The summed E-state index contributed by atoms with van der Waals surface area (Å²) in [5.41, 5.74) is 1.46. The van der Waals surface area contributed by atoms with Gasteiger partial charge in [-0.1, -0.05) is 23.7 Å². The Balaban J connectivity index is 1.52. The van der Waals surface area contributed by atoms with E-state index in [1.165, 1.54) is 5.56 Å². The van der Waals surface area contributed by atoms with Gasteiger partial charge in [0.25, 0.3) is 0 Å². The first-order chi connectivity index (χ1) is 9.68. The third-order valence-electron chi connectivity index (χ3n) is 4.57. The average Bonchev–Trinajstić information content (AvgIpc) is 3.07. The highest BCUT2D eigenvalue weighted by molar-refractivity contribution is 6.30. The van der Waals surface area contributed by atoms with Gasteiger partial charge in [-0.3, -0.25) is 4.79 Å². The molecule has 0 radical (unpaired) electrons. The van der Waals surface area contributed by atoms with E-state index >= 15 is 0 Å². The lowest BCUT2D eigenvalue weighted by molar-refractivity contribution is -0.122. The Labute approximate surface area is 125 Å². The molecule has 108 valence electrons. The van der Waals surface area contributed by atoms with Gasteiger partial charge in [0.05, 0.1) is 0 Å².